The van der Waals surface area contributed by atoms with Gasteiger partial charge in [-0.3, -0.25) is 9.69 Å². The molecule has 0 saturated heterocycles. The number of carbonyl (C=O) groups is 1. The van der Waals surface area contributed by atoms with Crippen molar-refractivity contribution in [1.29, 1.82) is 0 Å². The van der Waals surface area contributed by atoms with Crippen LogP contribution >= 0.6 is 0 Å². The highest BCUT2D eigenvalue weighted by Crippen LogP contribution is 2.32. The molecule has 2 heterocycles. The van der Waals surface area contributed by atoms with Gasteiger partial charge < -0.3 is 9.88 Å². The van der Waals surface area contributed by atoms with Gasteiger partial charge in [-0.1, -0.05) is 48.0 Å². The molecular formula is C22H23N3O. The van der Waals surface area contributed by atoms with Crippen molar-refractivity contribution in [2.24, 2.45) is 0 Å². The predicted octanol–water partition coefficient (Wildman–Crippen LogP) is 3.84. The fourth-order valence-corrected chi connectivity index (χ4v) is 3.64. The molecule has 0 saturated carbocycles. The first-order valence-electron chi connectivity index (χ1n) is 9.01. The van der Waals surface area contributed by atoms with Crippen molar-refractivity contribution in [3.05, 3.63) is 89.7 Å². The second-order valence-corrected chi connectivity index (χ2v) is 6.82. The highest BCUT2D eigenvalue weighted by molar-refractivity contribution is 5.92. The van der Waals surface area contributed by atoms with Crippen LogP contribution < -0.4 is 5.32 Å². The van der Waals surface area contributed by atoms with E-state index in [0.717, 1.165) is 18.8 Å². The molecule has 0 bridgehead atoms. The average molecular weight is 345 g/mol. The molecule has 1 aliphatic rings. The Balaban J connectivity index is 1.54. The van der Waals surface area contributed by atoms with E-state index < -0.39 is 0 Å². The van der Waals surface area contributed by atoms with Crippen molar-refractivity contribution in [3.63, 3.8) is 0 Å². The predicted molar refractivity (Wildman–Crippen MR) is 104 cm³/mol. The molecule has 26 heavy (non-hydrogen) atoms. The molecule has 4 nitrogen and oxygen atoms in total. The Hall–Kier alpha value is -2.85. The third kappa shape index (κ3) is 3.41. The Morgan fingerprint density at radius 2 is 1.77 bits per heavy atom. The number of aromatic nitrogens is 1. The normalized spacial score (nSPS) is 16.9. The minimum absolute atomic E-state index is 0.0230. The van der Waals surface area contributed by atoms with E-state index in [1.54, 1.807) is 0 Å². The van der Waals surface area contributed by atoms with Crippen molar-refractivity contribution < 1.29 is 4.79 Å². The number of amides is 1. The number of nitrogens with zero attached hydrogens (tertiary/aromatic N) is 2. The van der Waals surface area contributed by atoms with Crippen molar-refractivity contribution in [3.8, 4) is 0 Å². The number of nitrogens with one attached hydrogen (secondary N) is 1. The zero-order valence-electron chi connectivity index (χ0n) is 14.9. The summed E-state index contributed by atoms with van der Waals surface area (Å²) in [5, 5.41) is 3.02. The summed E-state index contributed by atoms with van der Waals surface area (Å²) in [5.74, 6) is 0.0230. The number of anilines is 1. The number of aryl methyl sites for hydroxylation is 1. The first-order valence-corrected chi connectivity index (χ1v) is 9.01. The lowest BCUT2D eigenvalue weighted by molar-refractivity contribution is -0.117. The van der Waals surface area contributed by atoms with Gasteiger partial charge in [0, 0.05) is 30.7 Å². The molecule has 2 aromatic carbocycles. The first-order chi connectivity index (χ1) is 12.7. The van der Waals surface area contributed by atoms with Gasteiger partial charge in [0.2, 0.25) is 5.91 Å². The smallest absolute Gasteiger partial charge is 0.238 e. The molecule has 1 unspecified atom stereocenters. The van der Waals surface area contributed by atoms with Gasteiger partial charge in [-0.05, 0) is 36.8 Å². The minimum atomic E-state index is 0.0230. The molecule has 0 radical (unpaired) electrons. The maximum atomic E-state index is 12.6. The Bertz CT molecular complexity index is 883. The van der Waals surface area contributed by atoms with Crippen molar-refractivity contribution >= 4 is 11.6 Å². The largest absolute Gasteiger partial charge is 0.348 e. The summed E-state index contributed by atoms with van der Waals surface area (Å²) in [6.07, 6.45) is 2.12. The number of carbonyl (C=O) groups excluding carboxylic acids is 1. The summed E-state index contributed by atoms with van der Waals surface area (Å²) in [7, 11) is 0. The van der Waals surface area contributed by atoms with Crippen LogP contribution in [0.15, 0.2) is 72.9 Å². The van der Waals surface area contributed by atoms with Crippen LogP contribution in [0.4, 0.5) is 5.69 Å². The molecule has 0 spiro atoms. The molecule has 0 fully saturated rings. The molecule has 3 aromatic rings. The van der Waals surface area contributed by atoms with Crippen molar-refractivity contribution in [1.82, 2.24) is 9.47 Å². The number of hydrogen-bond acceptors (Lipinski definition) is 2. The van der Waals surface area contributed by atoms with Gasteiger partial charge in [0.15, 0.2) is 0 Å². The van der Waals surface area contributed by atoms with Crippen molar-refractivity contribution in [2.45, 2.75) is 19.5 Å². The van der Waals surface area contributed by atoms with E-state index in [0.29, 0.717) is 6.54 Å². The summed E-state index contributed by atoms with van der Waals surface area (Å²) in [6.45, 7) is 4.17. The highest BCUT2D eigenvalue weighted by atomic mass is 16.2. The van der Waals surface area contributed by atoms with Crippen LogP contribution in [-0.4, -0.2) is 28.5 Å². The van der Waals surface area contributed by atoms with Gasteiger partial charge in [-0.15, -0.1) is 0 Å². The molecule has 132 valence electrons. The summed E-state index contributed by atoms with van der Waals surface area (Å²) in [6, 6.07) is 22.7. The van der Waals surface area contributed by atoms with Gasteiger partial charge in [-0.25, -0.2) is 0 Å². The molecule has 1 aliphatic heterocycles. The van der Waals surface area contributed by atoms with Gasteiger partial charge in [0.25, 0.3) is 0 Å². The summed E-state index contributed by atoms with van der Waals surface area (Å²) >= 11 is 0. The highest BCUT2D eigenvalue weighted by Gasteiger charge is 2.29. The summed E-state index contributed by atoms with van der Waals surface area (Å²) < 4.78 is 2.28. The number of fused-ring (bicyclic) bond motifs is 1. The fourth-order valence-electron chi connectivity index (χ4n) is 3.64. The fraction of sp³-hybridized carbons (Fsp3) is 0.227. The first kappa shape index (κ1) is 16.6. The van der Waals surface area contributed by atoms with Crippen LogP contribution in [0, 0.1) is 6.92 Å². The second-order valence-electron chi connectivity index (χ2n) is 6.82. The standard InChI is InChI=1S/C22H23N3O/c1-17-9-11-19(12-10-17)23-21(26)16-25-15-14-24-13-5-8-20(24)22(25)18-6-3-2-4-7-18/h2-13,22H,14-16H2,1H3,(H,23,26). The van der Waals surface area contributed by atoms with Crippen LogP contribution in [0.5, 0.6) is 0 Å². The molecule has 1 amide bonds. The molecular weight excluding hydrogens is 322 g/mol. The van der Waals surface area contributed by atoms with E-state index >= 15 is 0 Å². The van der Waals surface area contributed by atoms with E-state index in [1.165, 1.54) is 16.8 Å². The Morgan fingerprint density at radius 1 is 1.00 bits per heavy atom. The van der Waals surface area contributed by atoms with E-state index in [9.17, 15) is 4.79 Å². The molecule has 1 N–H and O–H groups in total. The molecule has 1 aromatic heterocycles. The molecule has 0 aliphatic carbocycles. The van der Waals surface area contributed by atoms with Gasteiger partial charge in [0.05, 0.1) is 12.6 Å². The quantitative estimate of drug-likeness (QED) is 0.780. The van der Waals surface area contributed by atoms with Crippen LogP contribution in [0.3, 0.4) is 0 Å². The van der Waals surface area contributed by atoms with Crippen LogP contribution in [0.1, 0.15) is 22.9 Å². The Morgan fingerprint density at radius 3 is 2.54 bits per heavy atom. The van der Waals surface area contributed by atoms with Crippen LogP contribution in [0.25, 0.3) is 0 Å². The Labute approximate surface area is 154 Å². The lowest BCUT2D eigenvalue weighted by Gasteiger charge is -2.36. The number of hydrogen-bond donors (Lipinski definition) is 1. The number of rotatable bonds is 4. The minimum Gasteiger partial charge on any atom is -0.348 e. The van der Waals surface area contributed by atoms with Gasteiger partial charge in [-0.2, -0.15) is 0 Å². The number of benzene rings is 2. The SMILES string of the molecule is Cc1ccc(NC(=O)CN2CCn3cccc3C2c2ccccc2)cc1. The van der Waals surface area contributed by atoms with Crippen LogP contribution in [0.2, 0.25) is 0 Å². The van der Waals surface area contributed by atoms with E-state index in [1.807, 2.05) is 37.3 Å². The molecule has 4 heteroatoms. The summed E-state index contributed by atoms with van der Waals surface area (Å²) in [5.41, 5.74) is 4.49. The third-order valence-electron chi connectivity index (χ3n) is 4.94. The molecule has 4 rings (SSSR count). The zero-order chi connectivity index (χ0) is 17.9. The third-order valence-corrected chi connectivity index (χ3v) is 4.94. The zero-order valence-corrected chi connectivity index (χ0v) is 14.9. The van der Waals surface area contributed by atoms with Gasteiger partial charge >= 0.3 is 0 Å². The van der Waals surface area contributed by atoms with E-state index in [2.05, 4.69) is 57.4 Å². The van der Waals surface area contributed by atoms with Gasteiger partial charge in [0.1, 0.15) is 0 Å². The molecule has 1 atom stereocenters. The van der Waals surface area contributed by atoms with E-state index in [-0.39, 0.29) is 11.9 Å². The average Bonchev–Trinajstić information content (AvgIpc) is 3.13. The monoisotopic (exact) mass is 345 g/mol. The van der Waals surface area contributed by atoms with E-state index in [4.69, 9.17) is 0 Å². The van der Waals surface area contributed by atoms with Crippen molar-refractivity contribution in [2.75, 3.05) is 18.4 Å². The van der Waals surface area contributed by atoms with Crippen LogP contribution in [-0.2, 0) is 11.3 Å². The Kier molecular flexibility index (Phi) is 4.59. The second kappa shape index (κ2) is 7.18. The lowest BCUT2D eigenvalue weighted by Crippen LogP contribution is -2.42. The lowest BCUT2D eigenvalue weighted by atomic mass is 10.00. The topological polar surface area (TPSA) is 37.3 Å². The maximum Gasteiger partial charge on any atom is 0.238 e. The maximum absolute atomic E-state index is 12.6. The summed E-state index contributed by atoms with van der Waals surface area (Å²) in [4.78, 5) is 14.9.